The highest BCUT2D eigenvalue weighted by Crippen LogP contribution is 2.12. The molecule has 0 amide bonds. The van der Waals surface area contributed by atoms with Crippen LogP contribution in [-0.4, -0.2) is 12.8 Å². The van der Waals surface area contributed by atoms with Crippen molar-refractivity contribution in [1.82, 2.24) is 0 Å². The molecule has 0 atom stereocenters. The fourth-order valence-electron chi connectivity index (χ4n) is 1.18. The Bertz CT molecular complexity index is 250. The number of hydrogen-bond donors (Lipinski definition) is 0. The molecule has 1 aromatic rings. The second-order valence-corrected chi connectivity index (χ2v) is 2.45. The standard InChI is InChI=1S/C8H9NO/c1-2-7-3-5-10-8(7)6-9-4-1/h3,5-6H,1-2,4H2. The Morgan fingerprint density at radius 2 is 2.50 bits per heavy atom. The van der Waals surface area contributed by atoms with Gasteiger partial charge < -0.3 is 4.42 Å². The average Bonchev–Trinajstić information content (AvgIpc) is 2.28. The van der Waals surface area contributed by atoms with Crippen molar-refractivity contribution < 1.29 is 4.42 Å². The minimum absolute atomic E-state index is 0.935. The van der Waals surface area contributed by atoms with Crippen molar-refractivity contribution in [3.8, 4) is 0 Å². The van der Waals surface area contributed by atoms with E-state index in [1.54, 1.807) is 6.26 Å². The summed E-state index contributed by atoms with van der Waals surface area (Å²) < 4.78 is 5.19. The zero-order chi connectivity index (χ0) is 6.81. The van der Waals surface area contributed by atoms with Crippen LogP contribution < -0.4 is 0 Å². The molecule has 2 heteroatoms. The van der Waals surface area contributed by atoms with Crippen LogP contribution in [0.2, 0.25) is 0 Å². The summed E-state index contributed by atoms with van der Waals surface area (Å²) in [5, 5.41) is 0. The van der Waals surface area contributed by atoms with Crippen molar-refractivity contribution in [2.75, 3.05) is 6.54 Å². The van der Waals surface area contributed by atoms with E-state index in [1.165, 1.54) is 5.56 Å². The molecule has 0 saturated heterocycles. The lowest BCUT2D eigenvalue weighted by Crippen LogP contribution is -1.83. The van der Waals surface area contributed by atoms with Crippen LogP contribution >= 0.6 is 0 Å². The molecular weight excluding hydrogens is 126 g/mol. The highest BCUT2D eigenvalue weighted by Gasteiger charge is 2.05. The molecule has 1 aliphatic heterocycles. The highest BCUT2D eigenvalue weighted by atomic mass is 16.3. The Balaban J connectivity index is 2.42. The van der Waals surface area contributed by atoms with Gasteiger partial charge in [-0.25, -0.2) is 0 Å². The predicted molar refractivity (Wildman–Crippen MR) is 39.5 cm³/mol. The molecular formula is C8H9NO. The predicted octanol–water partition coefficient (Wildman–Crippen LogP) is 1.64. The molecule has 52 valence electrons. The van der Waals surface area contributed by atoms with Crippen molar-refractivity contribution in [2.45, 2.75) is 12.8 Å². The monoisotopic (exact) mass is 135 g/mol. The van der Waals surface area contributed by atoms with Crippen molar-refractivity contribution in [2.24, 2.45) is 4.99 Å². The number of rotatable bonds is 0. The number of nitrogens with zero attached hydrogens (tertiary/aromatic N) is 1. The number of aryl methyl sites for hydroxylation is 1. The van der Waals surface area contributed by atoms with E-state index in [-0.39, 0.29) is 0 Å². The SMILES string of the molecule is C1=NCCCc2ccoc21. The molecule has 0 unspecified atom stereocenters. The van der Waals surface area contributed by atoms with Crippen LogP contribution in [0.1, 0.15) is 17.7 Å². The third kappa shape index (κ3) is 0.856. The first-order valence-corrected chi connectivity index (χ1v) is 3.53. The van der Waals surface area contributed by atoms with Gasteiger partial charge in [0.1, 0.15) is 5.76 Å². The molecule has 0 fully saturated rings. The fourth-order valence-corrected chi connectivity index (χ4v) is 1.18. The Morgan fingerprint density at radius 1 is 1.50 bits per heavy atom. The normalized spacial score (nSPS) is 16.4. The Labute approximate surface area is 59.6 Å². The minimum atomic E-state index is 0.935. The zero-order valence-corrected chi connectivity index (χ0v) is 5.71. The van der Waals surface area contributed by atoms with Crippen LogP contribution in [-0.2, 0) is 6.42 Å². The minimum Gasteiger partial charge on any atom is -0.463 e. The molecule has 0 aliphatic carbocycles. The summed E-state index contributed by atoms with van der Waals surface area (Å²) in [6.07, 6.45) is 5.79. The van der Waals surface area contributed by atoms with Gasteiger partial charge in [0, 0.05) is 6.54 Å². The van der Waals surface area contributed by atoms with Gasteiger partial charge in [-0.15, -0.1) is 0 Å². The number of aliphatic imine (C=N–C) groups is 1. The first-order valence-electron chi connectivity index (χ1n) is 3.53. The molecule has 0 aromatic carbocycles. The van der Waals surface area contributed by atoms with Crippen molar-refractivity contribution in [3.05, 3.63) is 23.7 Å². The maximum atomic E-state index is 5.19. The van der Waals surface area contributed by atoms with Gasteiger partial charge in [-0.1, -0.05) is 0 Å². The summed E-state index contributed by atoms with van der Waals surface area (Å²) in [6.45, 7) is 0.935. The van der Waals surface area contributed by atoms with E-state index in [0.717, 1.165) is 25.1 Å². The largest absolute Gasteiger partial charge is 0.463 e. The fraction of sp³-hybridized carbons (Fsp3) is 0.375. The lowest BCUT2D eigenvalue weighted by Gasteiger charge is -1.89. The Hall–Kier alpha value is -1.05. The number of fused-ring (bicyclic) bond motifs is 1. The quantitative estimate of drug-likeness (QED) is 0.531. The van der Waals surface area contributed by atoms with Crippen molar-refractivity contribution >= 4 is 6.21 Å². The van der Waals surface area contributed by atoms with Crippen LogP contribution in [0.25, 0.3) is 0 Å². The van der Waals surface area contributed by atoms with E-state index in [2.05, 4.69) is 4.99 Å². The first kappa shape index (κ1) is 5.71. The van der Waals surface area contributed by atoms with E-state index >= 15 is 0 Å². The van der Waals surface area contributed by atoms with Gasteiger partial charge in [-0.05, 0) is 24.5 Å². The van der Waals surface area contributed by atoms with Gasteiger partial charge in [0.25, 0.3) is 0 Å². The molecule has 1 aromatic heterocycles. The van der Waals surface area contributed by atoms with E-state index in [1.807, 2.05) is 12.3 Å². The molecule has 2 nitrogen and oxygen atoms in total. The van der Waals surface area contributed by atoms with E-state index in [9.17, 15) is 0 Å². The third-order valence-electron chi connectivity index (χ3n) is 1.72. The van der Waals surface area contributed by atoms with Crippen LogP contribution in [0.4, 0.5) is 0 Å². The van der Waals surface area contributed by atoms with Gasteiger partial charge in [0.05, 0.1) is 12.5 Å². The molecule has 2 rings (SSSR count). The second kappa shape index (κ2) is 2.29. The summed E-state index contributed by atoms with van der Waals surface area (Å²) in [7, 11) is 0. The van der Waals surface area contributed by atoms with Crippen LogP contribution in [0.15, 0.2) is 21.7 Å². The smallest absolute Gasteiger partial charge is 0.147 e. The molecule has 0 bridgehead atoms. The molecule has 0 N–H and O–H groups in total. The lowest BCUT2D eigenvalue weighted by molar-refractivity contribution is 0.557. The molecule has 0 radical (unpaired) electrons. The van der Waals surface area contributed by atoms with Gasteiger partial charge in [0.15, 0.2) is 0 Å². The van der Waals surface area contributed by atoms with E-state index < -0.39 is 0 Å². The maximum Gasteiger partial charge on any atom is 0.147 e. The highest BCUT2D eigenvalue weighted by molar-refractivity contribution is 5.78. The number of hydrogen-bond acceptors (Lipinski definition) is 2. The second-order valence-electron chi connectivity index (χ2n) is 2.45. The van der Waals surface area contributed by atoms with Crippen molar-refractivity contribution in [3.63, 3.8) is 0 Å². The van der Waals surface area contributed by atoms with Crippen LogP contribution in [0.3, 0.4) is 0 Å². The topological polar surface area (TPSA) is 25.5 Å². The molecule has 0 saturated carbocycles. The first-order chi connectivity index (χ1) is 4.97. The third-order valence-corrected chi connectivity index (χ3v) is 1.72. The van der Waals surface area contributed by atoms with Crippen molar-refractivity contribution in [1.29, 1.82) is 0 Å². The summed E-state index contributed by atoms with van der Waals surface area (Å²) in [6, 6.07) is 2.02. The van der Waals surface area contributed by atoms with E-state index in [4.69, 9.17) is 4.42 Å². The van der Waals surface area contributed by atoms with Gasteiger partial charge in [-0.2, -0.15) is 0 Å². The summed E-state index contributed by atoms with van der Waals surface area (Å²) in [5.74, 6) is 0.942. The summed E-state index contributed by atoms with van der Waals surface area (Å²) >= 11 is 0. The summed E-state index contributed by atoms with van der Waals surface area (Å²) in [4.78, 5) is 4.17. The zero-order valence-electron chi connectivity index (χ0n) is 5.71. The van der Waals surface area contributed by atoms with Crippen LogP contribution in [0, 0.1) is 0 Å². The van der Waals surface area contributed by atoms with Gasteiger partial charge in [0.2, 0.25) is 0 Å². The molecule has 10 heavy (non-hydrogen) atoms. The van der Waals surface area contributed by atoms with Gasteiger partial charge >= 0.3 is 0 Å². The van der Waals surface area contributed by atoms with Gasteiger partial charge in [-0.3, -0.25) is 4.99 Å². The van der Waals surface area contributed by atoms with Crippen LogP contribution in [0.5, 0.6) is 0 Å². The maximum absolute atomic E-state index is 5.19. The average molecular weight is 135 g/mol. The molecule has 1 aliphatic rings. The lowest BCUT2D eigenvalue weighted by atomic mass is 10.1. The molecule has 2 heterocycles. The molecule has 0 spiro atoms. The Morgan fingerprint density at radius 3 is 3.50 bits per heavy atom. The van der Waals surface area contributed by atoms with E-state index in [0.29, 0.717) is 0 Å². The number of furan rings is 1. The Kier molecular flexibility index (Phi) is 1.31. The summed E-state index contributed by atoms with van der Waals surface area (Å²) in [5.41, 5.74) is 1.29.